The summed E-state index contributed by atoms with van der Waals surface area (Å²) in [4.78, 5) is 0. The first-order valence-electron chi connectivity index (χ1n) is 6.14. The Kier molecular flexibility index (Phi) is 4.54. The van der Waals surface area contributed by atoms with Crippen molar-refractivity contribution in [2.45, 2.75) is 25.4 Å². The van der Waals surface area contributed by atoms with E-state index in [1.165, 1.54) is 0 Å². The van der Waals surface area contributed by atoms with Gasteiger partial charge in [-0.2, -0.15) is 0 Å². The summed E-state index contributed by atoms with van der Waals surface area (Å²) in [5.41, 5.74) is -0.611. The fourth-order valence-electron chi connectivity index (χ4n) is 1.99. The monoisotopic (exact) mass is 309 g/mol. The maximum Gasteiger partial charge on any atom is 0.235 e. The zero-order valence-electron chi connectivity index (χ0n) is 10.5. The summed E-state index contributed by atoms with van der Waals surface area (Å²) >= 11 is 0. The molecular formula is C12H14F3NO3S. The highest BCUT2D eigenvalue weighted by Gasteiger charge is 2.23. The number of anilines is 1. The topological polar surface area (TPSA) is 55.4 Å². The van der Waals surface area contributed by atoms with Crippen molar-refractivity contribution in [3.05, 3.63) is 29.6 Å². The molecule has 0 amide bonds. The number of benzene rings is 1. The Morgan fingerprint density at radius 3 is 2.50 bits per heavy atom. The predicted octanol–water partition coefficient (Wildman–Crippen LogP) is 2.41. The van der Waals surface area contributed by atoms with Crippen LogP contribution in [0.1, 0.15) is 19.3 Å². The van der Waals surface area contributed by atoms with Gasteiger partial charge in [-0.15, -0.1) is 0 Å². The van der Waals surface area contributed by atoms with Gasteiger partial charge in [0.05, 0.1) is 17.5 Å². The average Bonchev–Trinajstić information content (AvgIpc) is 2.36. The molecule has 0 saturated carbocycles. The summed E-state index contributed by atoms with van der Waals surface area (Å²) in [5, 5.41) is 0. The number of nitrogens with one attached hydrogen (secondary N) is 1. The van der Waals surface area contributed by atoms with Gasteiger partial charge in [0.15, 0.2) is 11.6 Å². The van der Waals surface area contributed by atoms with E-state index in [0.717, 1.165) is 12.8 Å². The largest absolute Gasteiger partial charge is 0.377 e. The number of halogens is 3. The van der Waals surface area contributed by atoms with E-state index in [-0.39, 0.29) is 5.75 Å². The van der Waals surface area contributed by atoms with Gasteiger partial charge < -0.3 is 4.74 Å². The normalized spacial score (nSPS) is 19.9. The van der Waals surface area contributed by atoms with Crippen LogP contribution >= 0.6 is 0 Å². The van der Waals surface area contributed by atoms with Crippen LogP contribution in [0.3, 0.4) is 0 Å². The number of hydrogen-bond donors (Lipinski definition) is 1. The molecule has 0 spiro atoms. The van der Waals surface area contributed by atoms with E-state index < -0.39 is 39.3 Å². The third-order valence-corrected chi connectivity index (χ3v) is 4.30. The first-order valence-corrected chi connectivity index (χ1v) is 7.79. The zero-order valence-corrected chi connectivity index (χ0v) is 11.4. The molecule has 1 atom stereocenters. The van der Waals surface area contributed by atoms with Crippen LogP contribution in [-0.2, 0) is 14.8 Å². The average molecular weight is 309 g/mol. The molecule has 0 unspecified atom stereocenters. The Bertz CT molecular complexity index is 586. The predicted molar refractivity (Wildman–Crippen MR) is 67.3 cm³/mol. The molecule has 112 valence electrons. The highest BCUT2D eigenvalue weighted by molar-refractivity contribution is 7.92. The molecule has 1 aromatic carbocycles. The molecule has 1 aliphatic rings. The summed E-state index contributed by atoms with van der Waals surface area (Å²) < 4.78 is 70.0. The third-order valence-electron chi connectivity index (χ3n) is 2.95. The second kappa shape index (κ2) is 6.01. The van der Waals surface area contributed by atoms with Crippen molar-refractivity contribution in [1.82, 2.24) is 0 Å². The van der Waals surface area contributed by atoms with E-state index in [9.17, 15) is 21.6 Å². The van der Waals surface area contributed by atoms with Crippen molar-refractivity contribution < 1.29 is 26.3 Å². The molecule has 8 heteroatoms. The zero-order chi connectivity index (χ0) is 14.8. The minimum absolute atomic E-state index is 0.296. The summed E-state index contributed by atoms with van der Waals surface area (Å²) in [6, 6.07) is 0.772. The molecule has 2 rings (SSSR count). The van der Waals surface area contributed by atoms with Crippen molar-refractivity contribution in [2.24, 2.45) is 0 Å². The van der Waals surface area contributed by atoms with Gasteiger partial charge in [-0.05, 0) is 19.3 Å². The quantitative estimate of drug-likeness (QED) is 0.869. The first-order chi connectivity index (χ1) is 9.37. The molecule has 0 radical (unpaired) electrons. The molecule has 0 aliphatic carbocycles. The van der Waals surface area contributed by atoms with Crippen LogP contribution in [0.5, 0.6) is 0 Å². The molecule has 1 N–H and O–H groups in total. The lowest BCUT2D eigenvalue weighted by atomic mass is 10.1. The molecule has 4 nitrogen and oxygen atoms in total. The Labute approximate surface area is 115 Å². The summed E-state index contributed by atoms with van der Waals surface area (Å²) in [7, 11) is -3.89. The van der Waals surface area contributed by atoms with Crippen molar-refractivity contribution in [3.63, 3.8) is 0 Å². The molecule has 0 aromatic heterocycles. The lowest BCUT2D eigenvalue weighted by Crippen LogP contribution is -2.31. The molecule has 1 heterocycles. The molecular weight excluding hydrogens is 295 g/mol. The van der Waals surface area contributed by atoms with E-state index in [1.807, 2.05) is 4.72 Å². The van der Waals surface area contributed by atoms with Gasteiger partial charge in [0.1, 0.15) is 5.82 Å². The Hall–Kier alpha value is -1.28. The molecule has 1 saturated heterocycles. The number of ether oxygens (including phenoxy) is 1. The van der Waals surface area contributed by atoms with Crippen molar-refractivity contribution in [1.29, 1.82) is 0 Å². The highest BCUT2D eigenvalue weighted by atomic mass is 32.2. The van der Waals surface area contributed by atoms with Gasteiger partial charge in [0.25, 0.3) is 0 Å². The van der Waals surface area contributed by atoms with Crippen LogP contribution in [0.4, 0.5) is 18.9 Å². The second-order valence-electron chi connectivity index (χ2n) is 4.62. The Morgan fingerprint density at radius 2 is 1.85 bits per heavy atom. The van der Waals surface area contributed by atoms with Crippen LogP contribution in [0.15, 0.2) is 12.1 Å². The fraction of sp³-hybridized carbons (Fsp3) is 0.500. The molecule has 1 fully saturated rings. The van der Waals surface area contributed by atoms with Gasteiger partial charge in [0.2, 0.25) is 10.0 Å². The summed E-state index contributed by atoms with van der Waals surface area (Å²) in [6.45, 7) is 0.486. The summed E-state index contributed by atoms with van der Waals surface area (Å²) in [5.74, 6) is -4.21. The fourth-order valence-corrected chi connectivity index (χ4v) is 3.32. The molecule has 20 heavy (non-hydrogen) atoms. The van der Waals surface area contributed by atoms with Crippen molar-refractivity contribution in [3.8, 4) is 0 Å². The SMILES string of the molecule is O=S(=O)(C[C@H]1CCCCO1)Nc1cc(F)c(F)cc1F. The Morgan fingerprint density at radius 1 is 1.15 bits per heavy atom. The van der Waals surface area contributed by atoms with Gasteiger partial charge in [-0.3, -0.25) is 4.72 Å². The van der Waals surface area contributed by atoms with Crippen LogP contribution in [-0.4, -0.2) is 26.9 Å². The minimum Gasteiger partial charge on any atom is -0.377 e. The number of rotatable bonds is 4. The standard InChI is InChI=1S/C12H14F3NO3S/c13-9-5-11(15)12(6-10(9)14)16-20(17,18)7-8-3-1-2-4-19-8/h5-6,8,16H,1-4,7H2/t8-/m1/s1. The van der Waals surface area contributed by atoms with Crippen LogP contribution < -0.4 is 4.72 Å². The molecule has 1 aromatic rings. The Balaban J connectivity index is 2.09. The molecule has 1 aliphatic heterocycles. The minimum atomic E-state index is -3.89. The van der Waals surface area contributed by atoms with Crippen molar-refractivity contribution >= 4 is 15.7 Å². The third kappa shape index (κ3) is 3.86. The van der Waals surface area contributed by atoms with E-state index >= 15 is 0 Å². The van der Waals surface area contributed by atoms with Crippen LogP contribution in [0.25, 0.3) is 0 Å². The van der Waals surface area contributed by atoms with Crippen LogP contribution in [0.2, 0.25) is 0 Å². The van der Waals surface area contributed by atoms with E-state index in [1.54, 1.807) is 0 Å². The first kappa shape index (κ1) is 15.1. The second-order valence-corrected chi connectivity index (χ2v) is 6.39. The van der Waals surface area contributed by atoms with Gasteiger partial charge in [-0.25, -0.2) is 21.6 Å². The summed E-state index contributed by atoms with van der Waals surface area (Å²) in [6.07, 6.45) is 1.87. The van der Waals surface area contributed by atoms with Crippen LogP contribution in [0, 0.1) is 17.5 Å². The van der Waals surface area contributed by atoms with E-state index in [4.69, 9.17) is 4.74 Å². The number of sulfonamides is 1. The maximum absolute atomic E-state index is 13.4. The van der Waals surface area contributed by atoms with Crippen molar-refractivity contribution in [2.75, 3.05) is 17.1 Å². The lowest BCUT2D eigenvalue weighted by molar-refractivity contribution is 0.0306. The lowest BCUT2D eigenvalue weighted by Gasteiger charge is -2.22. The van der Waals surface area contributed by atoms with E-state index in [0.29, 0.717) is 25.2 Å². The smallest absolute Gasteiger partial charge is 0.235 e. The van der Waals surface area contributed by atoms with Gasteiger partial charge in [0, 0.05) is 18.7 Å². The number of hydrogen-bond acceptors (Lipinski definition) is 3. The van der Waals surface area contributed by atoms with E-state index in [2.05, 4.69) is 0 Å². The highest BCUT2D eigenvalue weighted by Crippen LogP contribution is 2.21. The maximum atomic E-state index is 13.4. The molecule has 0 bridgehead atoms. The van der Waals surface area contributed by atoms with Gasteiger partial charge >= 0.3 is 0 Å². The van der Waals surface area contributed by atoms with Gasteiger partial charge in [-0.1, -0.05) is 0 Å².